The van der Waals surface area contributed by atoms with Gasteiger partial charge in [-0.05, 0) is 53.2 Å². The second kappa shape index (κ2) is 8.64. The van der Waals surface area contributed by atoms with Gasteiger partial charge in [-0.1, -0.05) is 48.0 Å². The lowest BCUT2D eigenvalue weighted by atomic mass is 10.2. The van der Waals surface area contributed by atoms with Crippen LogP contribution in [-0.2, 0) is 16.4 Å². The van der Waals surface area contributed by atoms with Crippen LogP contribution in [0.4, 0.5) is 5.88 Å². The van der Waals surface area contributed by atoms with Crippen molar-refractivity contribution in [1.29, 1.82) is 0 Å². The molecule has 1 aromatic carbocycles. The van der Waals surface area contributed by atoms with E-state index in [1.165, 1.54) is 16.9 Å². The molecule has 0 aliphatic heterocycles. The molecule has 0 saturated carbocycles. The number of nitrogens with zero attached hydrogens (tertiary/aromatic N) is 1. The summed E-state index contributed by atoms with van der Waals surface area (Å²) in [5.41, 5.74) is 2.71. The van der Waals surface area contributed by atoms with Crippen molar-refractivity contribution in [3.63, 3.8) is 0 Å². The number of aromatic nitrogens is 1. The molecule has 0 fully saturated rings. The lowest BCUT2D eigenvalue weighted by Gasteiger charge is -2.04. The highest BCUT2D eigenvalue weighted by molar-refractivity contribution is 9.10. The van der Waals surface area contributed by atoms with Crippen molar-refractivity contribution in [3.05, 3.63) is 63.1 Å². The summed E-state index contributed by atoms with van der Waals surface area (Å²) in [5, 5.41) is 5.44. The van der Waals surface area contributed by atoms with E-state index >= 15 is 0 Å². The van der Waals surface area contributed by atoms with Gasteiger partial charge >= 0.3 is 0 Å². The van der Waals surface area contributed by atoms with Crippen LogP contribution in [0.15, 0.2) is 55.0 Å². The van der Waals surface area contributed by atoms with Crippen LogP contribution >= 0.6 is 27.3 Å². The Morgan fingerprint density at radius 1 is 1.20 bits per heavy atom. The molecule has 3 rings (SSSR count). The SMILES string of the molecule is CCc1ccsc1S(=O)(=O)Nc1onc(C)c1Br.Cc1ccccc1. The van der Waals surface area contributed by atoms with E-state index in [4.69, 9.17) is 4.52 Å². The average Bonchev–Trinajstić information content (AvgIpc) is 3.19. The van der Waals surface area contributed by atoms with Crippen LogP contribution in [0.5, 0.6) is 0 Å². The number of thiophene rings is 1. The van der Waals surface area contributed by atoms with Crippen molar-refractivity contribution < 1.29 is 12.9 Å². The Morgan fingerprint density at radius 2 is 1.88 bits per heavy atom. The molecule has 3 aromatic rings. The molecule has 5 nitrogen and oxygen atoms in total. The minimum atomic E-state index is -3.62. The molecule has 0 spiro atoms. The molecular formula is C17H19BrN2O3S2. The Bertz CT molecular complexity index is 919. The number of halogens is 1. The molecule has 0 amide bonds. The van der Waals surface area contributed by atoms with Crippen LogP contribution in [0.1, 0.15) is 23.7 Å². The third kappa shape index (κ3) is 5.17. The molecule has 0 atom stereocenters. The zero-order valence-electron chi connectivity index (χ0n) is 14.1. The van der Waals surface area contributed by atoms with Gasteiger partial charge in [0.15, 0.2) is 0 Å². The predicted molar refractivity (Wildman–Crippen MR) is 105 cm³/mol. The zero-order valence-corrected chi connectivity index (χ0v) is 17.3. The first-order valence-electron chi connectivity index (χ1n) is 7.57. The van der Waals surface area contributed by atoms with E-state index < -0.39 is 10.0 Å². The normalized spacial score (nSPS) is 10.9. The number of aryl methyl sites for hydroxylation is 3. The van der Waals surface area contributed by atoms with Crippen LogP contribution in [0.25, 0.3) is 0 Å². The molecule has 8 heteroatoms. The van der Waals surface area contributed by atoms with E-state index in [9.17, 15) is 8.42 Å². The molecule has 0 radical (unpaired) electrons. The lowest BCUT2D eigenvalue weighted by Crippen LogP contribution is -2.12. The minimum Gasteiger partial charge on any atom is -0.336 e. The standard InChI is InChI=1S/C10H11BrN2O3S2.C7H8/c1-3-7-4-5-17-10(7)18(14,15)13-9-8(11)6(2)12-16-9;1-7-5-3-2-4-6-7/h4-5,13H,3H2,1-2H3;2-6H,1H3. The largest absolute Gasteiger partial charge is 0.336 e. The van der Waals surface area contributed by atoms with E-state index in [-0.39, 0.29) is 5.88 Å². The van der Waals surface area contributed by atoms with E-state index in [1.807, 2.05) is 25.1 Å². The number of nitrogens with one attached hydrogen (secondary N) is 1. The third-order valence-corrected chi connectivity index (χ3v) is 7.12. The van der Waals surface area contributed by atoms with Gasteiger partial charge in [0.25, 0.3) is 15.9 Å². The fraction of sp³-hybridized carbons (Fsp3) is 0.235. The van der Waals surface area contributed by atoms with Gasteiger partial charge in [0.05, 0.1) is 5.69 Å². The summed E-state index contributed by atoms with van der Waals surface area (Å²) in [6.07, 6.45) is 0.663. The molecule has 0 unspecified atom stereocenters. The van der Waals surface area contributed by atoms with E-state index in [2.05, 4.69) is 44.9 Å². The van der Waals surface area contributed by atoms with Crippen molar-refractivity contribution in [2.75, 3.05) is 4.72 Å². The van der Waals surface area contributed by atoms with Crippen LogP contribution in [0.3, 0.4) is 0 Å². The maximum atomic E-state index is 12.2. The maximum Gasteiger partial charge on any atom is 0.274 e. The number of hydrogen-bond donors (Lipinski definition) is 1. The Kier molecular flexibility index (Phi) is 6.80. The van der Waals surface area contributed by atoms with Gasteiger partial charge < -0.3 is 4.52 Å². The molecule has 2 heterocycles. The molecule has 0 bridgehead atoms. The van der Waals surface area contributed by atoms with Crippen molar-refractivity contribution >= 4 is 43.2 Å². The molecule has 0 saturated heterocycles. The first-order valence-corrected chi connectivity index (χ1v) is 10.7. The van der Waals surface area contributed by atoms with Gasteiger partial charge in [-0.15, -0.1) is 11.3 Å². The fourth-order valence-electron chi connectivity index (χ4n) is 1.94. The Labute approximate surface area is 160 Å². The first-order chi connectivity index (χ1) is 11.8. The number of anilines is 1. The van der Waals surface area contributed by atoms with Crippen LogP contribution in [0.2, 0.25) is 0 Å². The highest BCUT2D eigenvalue weighted by Gasteiger charge is 2.23. The summed E-state index contributed by atoms with van der Waals surface area (Å²) >= 11 is 4.41. The smallest absolute Gasteiger partial charge is 0.274 e. The number of sulfonamides is 1. The molecule has 2 aromatic heterocycles. The summed E-state index contributed by atoms with van der Waals surface area (Å²) in [4.78, 5) is 0. The monoisotopic (exact) mass is 442 g/mol. The van der Waals surface area contributed by atoms with Crippen molar-refractivity contribution in [2.45, 2.75) is 31.4 Å². The molecule has 134 valence electrons. The van der Waals surface area contributed by atoms with E-state index in [0.717, 1.165) is 5.56 Å². The van der Waals surface area contributed by atoms with Crippen molar-refractivity contribution in [1.82, 2.24) is 5.16 Å². The summed E-state index contributed by atoms with van der Waals surface area (Å²) in [6, 6.07) is 12.1. The van der Waals surface area contributed by atoms with Crippen LogP contribution in [-0.4, -0.2) is 13.6 Å². The Morgan fingerprint density at radius 3 is 2.36 bits per heavy atom. The second-order valence-corrected chi connectivity index (χ2v) is 8.84. The van der Waals surface area contributed by atoms with Crippen LogP contribution < -0.4 is 4.72 Å². The molecule has 1 N–H and O–H groups in total. The molecule has 25 heavy (non-hydrogen) atoms. The minimum absolute atomic E-state index is 0.1000. The van der Waals surface area contributed by atoms with Gasteiger partial charge in [-0.3, -0.25) is 0 Å². The zero-order chi connectivity index (χ0) is 18.4. The van der Waals surface area contributed by atoms with Gasteiger partial charge in [-0.25, -0.2) is 13.1 Å². The number of rotatable bonds is 4. The van der Waals surface area contributed by atoms with Gasteiger partial charge in [0.1, 0.15) is 8.68 Å². The maximum absolute atomic E-state index is 12.2. The Hall–Kier alpha value is -1.64. The number of hydrogen-bond acceptors (Lipinski definition) is 5. The summed E-state index contributed by atoms with van der Waals surface area (Å²) in [5.74, 6) is 0.1000. The molecule has 0 aliphatic carbocycles. The quantitative estimate of drug-likeness (QED) is 0.604. The van der Waals surface area contributed by atoms with E-state index in [1.54, 1.807) is 18.4 Å². The van der Waals surface area contributed by atoms with Gasteiger partial charge in [-0.2, -0.15) is 0 Å². The van der Waals surface area contributed by atoms with E-state index in [0.29, 0.717) is 20.8 Å². The van der Waals surface area contributed by atoms with Crippen LogP contribution in [0, 0.1) is 13.8 Å². The number of benzene rings is 1. The summed E-state index contributed by atoms with van der Waals surface area (Å²) < 4.78 is 32.5. The topological polar surface area (TPSA) is 72.2 Å². The molecular weight excluding hydrogens is 424 g/mol. The Balaban J connectivity index is 0.000000269. The second-order valence-electron chi connectivity index (χ2n) is 5.26. The van der Waals surface area contributed by atoms with Gasteiger partial charge in [0, 0.05) is 0 Å². The molecule has 0 aliphatic rings. The summed E-state index contributed by atoms with van der Waals surface area (Å²) in [6.45, 7) is 5.71. The van der Waals surface area contributed by atoms with Crippen molar-refractivity contribution in [3.8, 4) is 0 Å². The highest BCUT2D eigenvalue weighted by atomic mass is 79.9. The fourth-order valence-corrected chi connectivity index (χ4v) is 4.87. The van der Waals surface area contributed by atoms with Crippen molar-refractivity contribution in [2.24, 2.45) is 0 Å². The third-order valence-electron chi connectivity index (χ3n) is 3.29. The average molecular weight is 443 g/mol. The summed E-state index contributed by atoms with van der Waals surface area (Å²) in [7, 11) is -3.62. The van der Waals surface area contributed by atoms with Gasteiger partial charge in [0.2, 0.25) is 0 Å². The predicted octanol–water partition coefficient (Wildman–Crippen LogP) is 5.17. The lowest BCUT2D eigenvalue weighted by molar-refractivity contribution is 0.430. The highest BCUT2D eigenvalue weighted by Crippen LogP contribution is 2.30. The first kappa shape index (κ1) is 19.7.